The molecule has 0 aliphatic rings. The normalized spacial score (nSPS) is 13.9. The van der Waals surface area contributed by atoms with E-state index in [1.807, 2.05) is 0 Å². The highest BCUT2D eigenvalue weighted by Gasteiger charge is 2.30. The first-order valence-electron chi connectivity index (χ1n) is 41.6. The first-order chi connectivity index (χ1) is 48.0. The second-order valence-electron chi connectivity index (χ2n) is 29.3. The summed E-state index contributed by atoms with van der Waals surface area (Å²) in [6, 6.07) is 0. The fraction of sp³-hybridized carbons (Fsp3) is 0.950. The average Bonchev–Trinajstić information content (AvgIpc) is 1.89. The van der Waals surface area contributed by atoms with Crippen LogP contribution in [-0.2, 0) is 65.4 Å². The van der Waals surface area contributed by atoms with E-state index in [-0.39, 0.29) is 25.7 Å². The van der Waals surface area contributed by atoms with Crippen molar-refractivity contribution >= 4 is 39.5 Å². The number of aliphatic hydroxyl groups is 1. The molecule has 2 unspecified atom stereocenters. The molecule has 17 nitrogen and oxygen atoms in total. The van der Waals surface area contributed by atoms with Crippen LogP contribution in [0.25, 0.3) is 0 Å². The van der Waals surface area contributed by atoms with Crippen molar-refractivity contribution in [3.05, 3.63) is 0 Å². The summed E-state index contributed by atoms with van der Waals surface area (Å²) in [5, 5.41) is 10.6. The van der Waals surface area contributed by atoms with Crippen LogP contribution in [0.4, 0.5) is 0 Å². The van der Waals surface area contributed by atoms with Crippen LogP contribution in [0.5, 0.6) is 0 Å². The highest BCUT2D eigenvalue weighted by Crippen LogP contribution is 2.45. The van der Waals surface area contributed by atoms with Gasteiger partial charge in [-0.25, -0.2) is 9.13 Å². The molecule has 0 aromatic rings. The van der Waals surface area contributed by atoms with E-state index in [4.69, 9.17) is 37.0 Å². The van der Waals surface area contributed by atoms with Crippen LogP contribution in [0, 0.1) is 5.92 Å². The van der Waals surface area contributed by atoms with Crippen molar-refractivity contribution in [1.29, 1.82) is 0 Å². The number of carbonyl (C=O) groups excluding carboxylic acids is 4. The van der Waals surface area contributed by atoms with Gasteiger partial charge in [-0.1, -0.05) is 375 Å². The molecule has 0 aromatic heterocycles. The van der Waals surface area contributed by atoms with Gasteiger partial charge in [-0.3, -0.25) is 37.3 Å². The van der Waals surface area contributed by atoms with Gasteiger partial charge < -0.3 is 33.8 Å². The molecule has 0 heterocycles. The molecule has 0 amide bonds. The van der Waals surface area contributed by atoms with E-state index in [9.17, 15) is 43.2 Å². The molecule has 0 spiro atoms. The number of ether oxygens (including phenoxy) is 4. The van der Waals surface area contributed by atoms with Crippen LogP contribution < -0.4 is 0 Å². The van der Waals surface area contributed by atoms with Crippen molar-refractivity contribution in [3.8, 4) is 0 Å². The van der Waals surface area contributed by atoms with Crippen molar-refractivity contribution in [3.63, 3.8) is 0 Å². The van der Waals surface area contributed by atoms with Gasteiger partial charge in [-0.2, -0.15) is 0 Å². The first-order valence-corrected chi connectivity index (χ1v) is 44.6. The van der Waals surface area contributed by atoms with Crippen molar-refractivity contribution in [2.75, 3.05) is 39.6 Å². The van der Waals surface area contributed by atoms with Crippen LogP contribution >= 0.6 is 15.6 Å². The summed E-state index contributed by atoms with van der Waals surface area (Å²) in [4.78, 5) is 72.9. The number of unbranched alkanes of at least 4 members (excludes halogenated alkanes) is 52. The quantitative estimate of drug-likeness (QED) is 0.0222. The molecule has 0 rings (SSSR count). The fourth-order valence-corrected chi connectivity index (χ4v) is 14.0. The van der Waals surface area contributed by atoms with Gasteiger partial charge in [-0.15, -0.1) is 0 Å². The van der Waals surface area contributed by atoms with E-state index in [1.54, 1.807) is 0 Å². The maximum Gasteiger partial charge on any atom is 0.472 e. The van der Waals surface area contributed by atoms with Gasteiger partial charge >= 0.3 is 39.5 Å². The number of carbonyl (C=O) groups is 4. The van der Waals surface area contributed by atoms with Crippen LogP contribution in [0.1, 0.15) is 426 Å². The minimum absolute atomic E-state index is 0.106. The molecule has 3 N–H and O–H groups in total. The second kappa shape index (κ2) is 73.0. The Balaban J connectivity index is 5.20. The number of aliphatic hydroxyl groups excluding tert-OH is 1. The summed E-state index contributed by atoms with van der Waals surface area (Å²) >= 11 is 0. The van der Waals surface area contributed by atoms with E-state index in [0.29, 0.717) is 25.7 Å². The van der Waals surface area contributed by atoms with Gasteiger partial charge in [0.05, 0.1) is 26.4 Å². The van der Waals surface area contributed by atoms with Crippen molar-refractivity contribution < 1.29 is 80.2 Å². The van der Waals surface area contributed by atoms with Gasteiger partial charge in [0.1, 0.15) is 19.3 Å². The van der Waals surface area contributed by atoms with E-state index >= 15 is 0 Å². The van der Waals surface area contributed by atoms with E-state index in [2.05, 4.69) is 34.6 Å². The standard InChI is InChI=1S/C80H156O17P2/c1-6-9-12-15-18-21-24-27-28-29-30-31-32-33-34-35-37-40-45-50-55-60-65-79(84)96-75(69-91-78(83)64-59-54-49-44-39-36-25-22-19-16-13-10-7-2)71-94-98(86,87)92-67-74(81)68-93-99(88,89)95-72-76(97-80(85)66-61-56-51-46-41-42-47-52-57-62-73(4)5)70-90-77(82)63-58-53-48-43-38-26-23-20-17-14-11-8-3/h73-76,81H,6-72H2,1-5H3,(H,86,87)(H,88,89)/t74-,75-,76-/m1/s1. The third-order valence-electron chi connectivity index (χ3n) is 18.8. The number of phosphoric acid groups is 2. The van der Waals surface area contributed by atoms with Gasteiger partial charge in [0, 0.05) is 25.7 Å². The zero-order valence-electron chi connectivity index (χ0n) is 64.6. The van der Waals surface area contributed by atoms with Gasteiger partial charge in [0.15, 0.2) is 12.2 Å². The lowest BCUT2D eigenvalue weighted by Gasteiger charge is -2.21. The summed E-state index contributed by atoms with van der Waals surface area (Å²) in [7, 11) is -9.91. The van der Waals surface area contributed by atoms with Gasteiger partial charge in [-0.05, 0) is 31.6 Å². The van der Waals surface area contributed by atoms with Crippen LogP contribution in [0.3, 0.4) is 0 Å². The fourth-order valence-electron chi connectivity index (χ4n) is 12.4. The highest BCUT2D eigenvalue weighted by atomic mass is 31.2. The molecule has 0 fully saturated rings. The molecule has 99 heavy (non-hydrogen) atoms. The van der Waals surface area contributed by atoms with E-state index in [1.165, 1.54) is 250 Å². The summed E-state index contributed by atoms with van der Waals surface area (Å²) < 4.78 is 68.7. The Morgan fingerprint density at radius 3 is 0.687 bits per heavy atom. The lowest BCUT2D eigenvalue weighted by atomic mass is 10.0. The third-order valence-corrected chi connectivity index (χ3v) is 20.7. The zero-order chi connectivity index (χ0) is 72.7. The number of rotatable bonds is 80. The number of phosphoric ester groups is 2. The van der Waals surface area contributed by atoms with Crippen LogP contribution in [0.15, 0.2) is 0 Å². The van der Waals surface area contributed by atoms with Crippen molar-refractivity contribution in [2.24, 2.45) is 5.92 Å². The van der Waals surface area contributed by atoms with Crippen LogP contribution in [-0.4, -0.2) is 96.7 Å². The van der Waals surface area contributed by atoms with E-state index in [0.717, 1.165) is 95.8 Å². The smallest absolute Gasteiger partial charge is 0.462 e. The zero-order valence-corrected chi connectivity index (χ0v) is 66.4. The van der Waals surface area contributed by atoms with Crippen LogP contribution in [0.2, 0.25) is 0 Å². The minimum atomic E-state index is -4.96. The molecule has 0 saturated carbocycles. The third kappa shape index (κ3) is 74.1. The number of hydrogen-bond donors (Lipinski definition) is 3. The predicted octanol–water partition coefficient (Wildman–Crippen LogP) is 24.0. The topological polar surface area (TPSA) is 237 Å². The molecule has 0 aromatic carbocycles. The molecule has 0 saturated heterocycles. The van der Waals surface area contributed by atoms with Gasteiger partial charge in [0.2, 0.25) is 0 Å². The Morgan fingerprint density at radius 2 is 0.465 bits per heavy atom. The molecule has 0 radical (unpaired) electrons. The lowest BCUT2D eigenvalue weighted by Crippen LogP contribution is -2.30. The summed E-state index contributed by atoms with van der Waals surface area (Å²) in [6.45, 7) is 7.29. The average molecular weight is 1450 g/mol. The first kappa shape index (κ1) is 97.1. The SMILES string of the molecule is CCCCCCCCCCCCCCCCCCCCCCCCC(=O)O[C@H](COC(=O)CCCCCCCCCCCCCCC)COP(=O)(O)OC[C@@H](O)COP(=O)(O)OC[C@@H](COC(=O)CCCCCCCCCCCCCC)OC(=O)CCCCCCCCCCCC(C)C. The molecular formula is C80H156O17P2. The highest BCUT2D eigenvalue weighted by molar-refractivity contribution is 7.47. The predicted molar refractivity (Wildman–Crippen MR) is 405 cm³/mol. The molecule has 0 bridgehead atoms. The Morgan fingerprint density at radius 1 is 0.273 bits per heavy atom. The Bertz CT molecular complexity index is 1890. The minimum Gasteiger partial charge on any atom is -0.462 e. The Labute approximate surface area is 607 Å². The molecule has 588 valence electrons. The summed E-state index contributed by atoms with van der Waals surface area (Å²) in [5.41, 5.74) is 0. The largest absolute Gasteiger partial charge is 0.472 e. The summed E-state index contributed by atoms with van der Waals surface area (Å²) in [5.74, 6) is -1.37. The summed E-state index contributed by atoms with van der Waals surface area (Å²) in [6.07, 6.45) is 63.9. The monoisotopic (exact) mass is 1450 g/mol. The maximum atomic E-state index is 13.1. The van der Waals surface area contributed by atoms with Crippen molar-refractivity contribution in [2.45, 2.75) is 445 Å². The Kier molecular flexibility index (Phi) is 71.6. The van der Waals surface area contributed by atoms with Crippen molar-refractivity contribution in [1.82, 2.24) is 0 Å². The van der Waals surface area contributed by atoms with E-state index < -0.39 is 97.5 Å². The lowest BCUT2D eigenvalue weighted by molar-refractivity contribution is -0.161. The molecular weight excluding hydrogens is 1290 g/mol. The molecule has 0 aliphatic heterocycles. The molecule has 0 aliphatic carbocycles. The second-order valence-corrected chi connectivity index (χ2v) is 32.2. The van der Waals surface area contributed by atoms with Gasteiger partial charge in [0.25, 0.3) is 0 Å². The maximum absolute atomic E-state index is 13.1. The number of hydrogen-bond acceptors (Lipinski definition) is 15. The Hall–Kier alpha value is -1.94. The number of esters is 4. The molecule has 5 atom stereocenters. The molecule has 19 heteroatoms.